The monoisotopic (exact) mass is 190 g/mol. The van der Waals surface area contributed by atoms with Crippen LogP contribution in [0.2, 0.25) is 0 Å². The number of alkyl halides is 2. The molecule has 1 heterocycles. The average Bonchev–Trinajstić information content (AvgIpc) is 2.48. The number of fused-ring (bicyclic) bond motifs is 1. The van der Waals surface area contributed by atoms with E-state index in [0.717, 1.165) is 11.1 Å². The average molecular weight is 190 g/mol. The molecule has 0 N–H and O–H groups in total. The maximum absolute atomic E-state index is 12.6. The molecule has 0 spiro atoms. The van der Waals surface area contributed by atoms with Crippen LogP contribution in [-0.4, -0.2) is 5.92 Å². The Morgan fingerprint density at radius 1 is 1.17 bits per heavy atom. The molecule has 0 bridgehead atoms. The molecule has 0 saturated carbocycles. The second kappa shape index (κ2) is 3.52. The van der Waals surface area contributed by atoms with Crippen LogP contribution in [0.1, 0.15) is 25.0 Å². The zero-order chi connectivity index (χ0) is 9.19. The highest BCUT2D eigenvalue weighted by molar-refractivity contribution is 7.08. The van der Waals surface area contributed by atoms with E-state index in [2.05, 4.69) is 0 Å². The fourth-order valence-corrected chi connectivity index (χ4v) is 2.15. The number of halogens is 2. The van der Waals surface area contributed by atoms with E-state index in [1.54, 1.807) is 0 Å². The van der Waals surface area contributed by atoms with Crippen molar-refractivity contribution < 1.29 is 8.78 Å². The maximum Gasteiger partial charge on any atom is 0.256 e. The van der Waals surface area contributed by atoms with Gasteiger partial charge in [0.05, 0.1) is 0 Å². The van der Waals surface area contributed by atoms with Crippen LogP contribution in [0.4, 0.5) is 8.78 Å². The molecule has 1 aliphatic rings. The summed E-state index contributed by atoms with van der Waals surface area (Å²) in [6.07, 6.45) is -0.0995. The van der Waals surface area contributed by atoms with E-state index >= 15 is 0 Å². The highest BCUT2D eigenvalue weighted by Crippen LogP contribution is 2.35. The lowest BCUT2D eigenvalue weighted by Crippen LogP contribution is -2.14. The molecule has 0 amide bonds. The predicted octanol–water partition coefficient (Wildman–Crippen LogP) is 3.51. The van der Waals surface area contributed by atoms with Gasteiger partial charge in [-0.05, 0) is 21.9 Å². The molecule has 2 rings (SSSR count). The van der Waals surface area contributed by atoms with Crippen LogP contribution in [0, 0.1) is 0 Å². The lowest BCUT2D eigenvalue weighted by atomic mass is 10.2. The molecule has 68 valence electrons. The van der Waals surface area contributed by atoms with Gasteiger partial charge < -0.3 is 0 Å². The Kier molecular flexibility index (Phi) is 2.83. The smallest absolute Gasteiger partial charge is 0.206 e. The molecule has 0 aromatic carbocycles. The van der Waals surface area contributed by atoms with Gasteiger partial charge in [0, 0.05) is 12.8 Å². The van der Waals surface area contributed by atoms with Gasteiger partial charge >= 0.3 is 0 Å². The SMILES string of the molecule is CC.FC1(F)Cc2cscc2C1. The van der Waals surface area contributed by atoms with Crippen molar-refractivity contribution in [1.29, 1.82) is 0 Å². The van der Waals surface area contributed by atoms with E-state index in [0.29, 0.717) is 0 Å². The first-order valence-electron chi connectivity index (χ1n) is 4.09. The molecule has 0 atom stereocenters. The fourth-order valence-electron chi connectivity index (χ4n) is 1.28. The molecule has 1 aromatic rings. The van der Waals surface area contributed by atoms with Crippen molar-refractivity contribution in [2.45, 2.75) is 32.6 Å². The minimum absolute atomic E-state index is 0.0498. The summed E-state index contributed by atoms with van der Waals surface area (Å²) in [5.41, 5.74) is 1.69. The van der Waals surface area contributed by atoms with Crippen molar-refractivity contribution >= 4 is 11.3 Å². The molecule has 1 aromatic heterocycles. The number of thiophene rings is 1. The topological polar surface area (TPSA) is 0 Å². The molecule has 0 unspecified atom stereocenters. The van der Waals surface area contributed by atoms with Gasteiger partial charge in [0.25, 0.3) is 5.92 Å². The summed E-state index contributed by atoms with van der Waals surface area (Å²) in [7, 11) is 0. The van der Waals surface area contributed by atoms with E-state index in [4.69, 9.17) is 0 Å². The van der Waals surface area contributed by atoms with Gasteiger partial charge in [0.2, 0.25) is 0 Å². The number of rotatable bonds is 0. The number of hydrogen-bond acceptors (Lipinski definition) is 1. The van der Waals surface area contributed by atoms with E-state index in [1.807, 2.05) is 24.6 Å². The van der Waals surface area contributed by atoms with Crippen molar-refractivity contribution in [3.8, 4) is 0 Å². The predicted molar refractivity (Wildman–Crippen MR) is 48.0 cm³/mol. The third kappa shape index (κ3) is 1.83. The van der Waals surface area contributed by atoms with Crippen LogP contribution in [0.3, 0.4) is 0 Å². The van der Waals surface area contributed by atoms with Crippen molar-refractivity contribution in [3.05, 3.63) is 21.9 Å². The first-order valence-corrected chi connectivity index (χ1v) is 5.03. The molecule has 0 fully saturated rings. The molecular formula is C9H12F2S. The lowest BCUT2D eigenvalue weighted by molar-refractivity contribution is 0.0130. The van der Waals surface area contributed by atoms with Crippen molar-refractivity contribution in [1.82, 2.24) is 0 Å². The van der Waals surface area contributed by atoms with Gasteiger partial charge in [-0.2, -0.15) is 11.3 Å². The van der Waals surface area contributed by atoms with Crippen molar-refractivity contribution in [3.63, 3.8) is 0 Å². The molecular weight excluding hydrogens is 178 g/mol. The van der Waals surface area contributed by atoms with Crippen molar-refractivity contribution in [2.75, 3.05) is 0 Å². The van der Waals surface area contributed by atoms with E-state index in [9.17, 15) is 8.78 Å². The van der Waals surface area contributed by atoms with Gasteiger partial charge in [-0.25, -0.2) is 8.78 Å². The standard InChI is InChI=1S/C7H6F2S.C2H6/c8-7(9)1-5-3-10-4-6(5)2-7;1-2/h3-4H,1-2H2;1-2H3. The minimum atomic E-state index is -2.46. The van der Waals surface area contributed by atoms with Gasteiger partial charge in [-0.1, -0.05) is 13.8 Å². The first kappa shape index (κ1) is 9.65. The van der Waals surface area contributed by atoms with Crippen LogP contribution in [0.5, 0.6) is 0 Å². The Bertz CT molecular complexity index is 230. The Morgan fingerprint density at radius 3 is 2.00 bits per heavy atom. The van der Waals surface area contributed by atoms with Crippen LogP contribution in [-0.2, 0) is 12.8 Å². The molecule has 0 nitrogen and oxygen atoms in total. The molecule has 0 radical (unpaired) electrons. The van der Waals surface area contributed by atoms with E-state index in [-0.39, 0.29) is 12.8 Å². The zero-order valence-corrected chi connectivity index (χ0v) is 8.05. The summed E-state index contributed by atoms with van der Waals surface area (Å²) in [6.45, 7) is 4.00. The maximum atomic E-state index is 12.6. The summed E-state index contributed by atoms with van der Waals surface area (Å²) in [5.74, 6) is -2.46. The summed E-state index contributed by atoms with van der Waals surface area (Å²) < 4.78 is 25.1. The van der Waals surface area contributed by atoms with Gasteiger partial charge in [-0.3, -0.25) is 0 Å². The Morgan fingerprint density at radius 2 is 1.58 bits per heavy atom. The lowest BCUT2D eigenvalue weighted by Gasteiger charge is -2.04. The summed E-state index contributed by atoms with van der Waals surface area (Å²) in [6, 6.07) is 0. The van der Waals surface area contributed by atoms with Gasteiger partial charge in [0.1, 0.15) is 0 Å². The van der Waals surface area contributed by atoms with Crippen LogP contribution >= 0.6 is 11.3 Å². The Labute approximate surface area is 75.2 Å². The summed E-state index contributed by atoms with van der Waals surface area (Å²) in [5, 5.41) is 3.63. The normalized spacial score (nSPS) is 18.0. The third-order valence-corrected chi connectivity index (χ3v) is 2.57. The molecule has 0 aliphatic heterocycles. The molecule has 3 heteroatoms. The second-order valence-electron chi connectivity index (χ2n) is 2.63. The first-order chi connectivity index (χ1) is 5.67. The van der Waals surface area contributed by atoms with Crippen LogP contribution in [0.25, 0.3) is 0 Å². The Hall–Kier alpha value is -0.440. The van der Waals surface area contributed by atoms with Crippen molar-refractivity contribution in [2.24, 2.45) is 0 Å². The van der Waals surface area contributed by atoms with Crippen LogP contribution < -0.4 is 0 Å². The highest BCUT2D eigenvalue weighted by atomic mass is 32.1. The summed E-state index contributed by atoms with van der Waals surface area (Å²) in [4.78, 5) is 0. The zero-order valence-electron chi connectivity index (χ0n) is 7.23. The number of hydrogen-bond donors (Lipinski definition) is 0. The minimum Gasteiger partial charge on any atom is -0.206 e. The van der Waals surface area contributed by atoms with E-state index < -0.39 is 5.92 Å². The molecule has 1 aliphatic carbocycles. The Balaban J connectivity index is 0.000000336. The fraction of sp³-hybridized carbons (Fsp3) is 0.556. The van der Waals surface area contributed by atoms with Gasteiger partial charge in [-0.15, -0.1) is 0 Å². The van der Waals surface area contributed by atoms with Crippen LogP contribution in [0.15, 0.2) is 10.8 Å². The molecule has 0 saturated heterocycles. The second-order valence-corrected chi connectivity index (χ2v) is 3.38. The summed E-state index contributed by atoms with van der Waals surface area (Å²) >= 11 is 1.51. The third-order valence-electron chi connectivity index (χ3n) is 1.73. The van der Waals surface area contributed by atoms with E-state index in [1.165, 1.54) is 11.3 Å². The molecule has 12 heavy (non-hydrogen) atoms. The van der Waals surface area contributed by atoms with Gasteiger partial charge in [0.15, 0.2) is 0 Å². The highest BCUT2D eigenvalue weighted by Gasteiger charge is 2.37. The largest absolute Gasteiger partial charge is 0.256 e. The quantitative estimate of drug-likeness (QED) is 0.587.